The van der Waals surface area contributed by atoms with Gasteiger partial charge in [0.05, 0.1) is 16.9 Å². The monoisotopic (exact) mass is 225 g/mol. The van der Waals surface area contributed by atoms with Gasteiger partial charge in [-0.05, 0) is 12.1 Å². The largest absolute Gasteiger partial charge is 0.326 e. The predicted molar refractivity (Wildman–Crippen MR) is 56.4 cm³/mol. The highest BCUT2D eigenvalue weighted by Crippen LogP contribution is 2.18. The number of aromatic nitrogens is 2. The summed E-state index contributed by atoms with van der Waals surface area (Å²) in [6.07, 6.45) is 3.10. The quantitative estimate of drug-likeness (QED) is 0.851. The van der Waals surface area contributed by atoms with Gasteiger partial charge < -0.3 is 5.73 Å². The molecule has 0 bridgehead atoms. The van der Waals surface area contributed by atoms with Crippen LogP contribution in [0.2, 0.25) is 5.02 Å². The Kier molecular flexibility index (Phi) is 2.70. The van der Waals surface area contributed by atoms with E-state index in [1.807, 2.05) is 0 Å². The van der Waals surface area contributed by atoms with Crippen LogP contribution < -0.4 is 5.73 Å². The Morgan fingerprint density at radius 2 is 2.27 bits per heavy atom. The van der Waals surface area contributed by atoms with Crippen molar-refractivity contribution in [3.63, 3.8) is 0 Å². The van der Waals surface area contributed by atoms with Gasteiger partial charge in [0.25, 0.3) is 0 Å². The summed E-state index contributed by atoms with van der Waals surface area (Å²) in [6, 6.07) is 4.73. The summed E-state index contributed by atoms with van der Waals surface area (Å²) >= 11 is 5.74. The van der Waals surface area contributed by atoms with Crippen LogP contribution in [0.5, 0.6) is 0 Å². The van der Waals surface area contributed by atoms with Gasteiger partial charge in [-0.2, -0.15) is 5.10 Å². The van der Waals surface area contributed by atoms with Crippen LogP contribution in [0.3, 0.4) is 0 Å². The molecule has 0 amide bonds. The maximum Gasteiger partial charge on any atom is 0.129 e. The van der Waals surface area contributed by atoms with E-state index >= 15 is 0 Å². The fraction of sp³-hybridized carbons (Fsp3) is 0.100. The molecule has 0 unspecified atom stereocenters. The molecule has 2 N–H and O–H groups in total. The molecule has 78 valence electrons. The highest BCUT2D eigenvalue weighted by atomic mass is 35.5. The Morgan fingerprint density at radius 3 is 2.87 bits per heavy atom. The van der Waals surface area contributed by atoms with Crippen LogP contribution in [-0.4, -0.2) is 9.78 Å². The van der Waals surface area contributed by atoms with Crippen LogP contribution in [0.1, 0.15) is 5.56 Å². The zero-order valence-electron chi connectivity index (χ0n) is 7.82. The molecule has 0 saturated carbocycles. The third-order valence-corrected chi connectivity index (χ3v) is 2.29. The van der Waals surface area contributed by atoms with Gasteiger partial charge in [0, 0.05) is 18.3 Å². The molecular weight excluding hydrogens is 217 g/mol. The van der Waals surface area contributed by atoms with Crippen molar-refractivity contribution in [3.05, 3.63) is 47.0 Å². The summed E-state index contributed by atoms with van der Waals surface area (Å²) in [5.74, 6) is -0.332. The van der Waals surface area contributed by atoms with E-state index in [9.17, 15) is 4.39 Å². The van der Waals surface area contributed by atoms with Gasteiger partial charge in [-0.1, -0.05) is 17.7 Å². The van der Waals surface area contributed by atoms with Crippen molar-refractivity contribution < 1.29 is 4.39 Å². The maximum atomic E-state index is 13.4. The van der Waals surface area contributed by atoms with Gasteiger partial charge >= 0.3 is 0 Å². The molecule has 1 heterocycles. The molecule has 0 aliphatic rings. The number of hydrogen-bond acceptors (Lipinski definition) is 2. The molecule has 0 radical (unpaired) electrons. The van der Waals surface area contributed by atoms with Crippen LogP contribution >= 0.6 is 11.6 Å². The molecule has 2 rings (SSSR count). The molecule has 1 aromatic heterocycles. The molecule has 0 saturated heterocycles. The number of hydrogen-bond donors (Lipinski definition) is 1. The molecule has 0 aliphatic heterocycles. The molecule has 0 aliphatic carbocycles. The van der Waals surface area contributed by atoms with Crippen molar-refractivity contribution in [2.45, 2.75) is 6.54 Å². The van der Waals surface area contributed by atoms with Crippen LogP contribution in [0.25, 0.3) is 5.69 Å². The van der Waals surface area contributed by atoms with Gasteiger partial charge in [-0.15, -0.1) is 0 Å². The lowest BCUT2D eigenvalue weighted by Crippen LogP contribution is -2.07. The van der Waals surface area contributed by atoms with Crippen molar-refractivity contribution in [2.75, 3.05) is 0 Å². The third-order valence-electron chi connectivity index (χ3n) is 2.10. The van der Waals surface area contributed by atoms with Gasteiger partial charge in [-0.3, -0.25) is 0 Å². The molecule has 5 heteroatoms. The lowest BCUT2D eigenvalue weighted by Gasteiger charge is -2.08. The number of nitrogens with zero attached hydrogens (tertiary/aromatic N) is 2. The SMILES string of the molecule is NCc1c(F)cccc1-n1cc(Cl)cn1. The predicted octanol–water partition coefficient (Wildman–Crippen LogP) is 2.12. The normalized spacial score (nSPS) is 10.6. The highest BCUT2D eigenvalue weighted by molar-refractivity contribution is 6.30. The lowest BCUT2D eigenvalue weighted by atomic mass is 10.1. The first-order chi connectivity index (χ1) is 7.22. The van der Waals surface area contributed by atoms with E-state index in [1.165, 1.54) is 16.9 Å². The minimum atomic E-state index is -0.332. The van der Waals surface area contributed by atoms with Gasteiger partial charge in [-0.25, -0.2) is 9.07 Å². The summed E-state index contributed by atoms with van der Waals surface area (Å²) in [6.45, 7) is 0.124. The fourth-order valence-corrected chi connectivity index (χ4v) is 1.53. The number of halogens is 2. The summed E-state index contributed by atoms with van der Waals surface area (Å²) in [4.78, 5) is 0. The Hall–Kier alpha value is -1.39. The Bertz CT molecular complexity index is 481. The topological polar surface area (TPSA) is 43.8 Å². The average Bonchev–Trinajstić information content (AvgIpc) is 2.64. The first-order valence-corrected chi connectivity index (χ1v) is 4.78. The van der Waals surface area contributed by atoms with Crippen LogP contribution in [0.15, 0.2) is 30.6 Å². The van der Waals surface area contributed by atoms with E-state index in [1.54, 1.807) is 18.3 Å². The maximum absolute atomic E-state index is 13.4. The standard InChI is InChI=1S/C10H9ClFN3/c11-7-5-14-15(6-7)10-3-1-2-9(12)8(10)4-13/h1-3,5-6H,4,13H2. The molecule has 15 heavy (non-hydrogen) atoms. The molecular formula is C10H9ClFN3. The van der Waals surface area contributed by atoms with E-state index in [-0.39, 0.29) is 12.4 Å². The average molecular weight is 226 g/mol. The van der Waals surface area contributed by atoms with Gasteiger partial charge in [0.1, 0.15) is 5.82 Å². The molecule has 0 fully saturated rings. The summed E-state index contributed by atoms with van der Waals surface area (Å²) in [5.41, 5.74) is 6.52. The second-order valence-electron chi connectivity index (χ2n) is 3.04. The summed E-state index contributed by atoms with van der Waals surface area (Å²) in [5, 5.41) is 4.50. The van der Waals surface area contributed by atoms with E-state index in [2.05, 4.69) is 5.10 Å². The smallest absolute Gasteiger partial charge is 0.129 e. The van der Waals surface area contributed by atoms with Gasteiger partial charge in [0.15, 0.2) is 0 Å². The number of benzene rings is 1. The van der Waals surface area contributed by atoms with Crippen molar-refractivity contribution in [1.29, 1.82) is 0 Å². The first kappa shape index (κ1) is 10.1. The highest BCUT2D eigenvalue weighted by Gasteiger charge is 2.08. The Labute approximate surface area is 91.3 Å². The second kappa shape index (κ2) is 4.00. The van der Waals surface area contributed by atoms with E-state index in [0.717, 1.165) is 0 Å². The zero-order valence-corrected chi connectivity index (χ0v) is 8.58. The molecule has 2 aromatic rings. The zero-order chi connectivity index (χ0) is 10.8. The summed E-state index contributed by atoms with van der Waals surface area (Å²) in [7, 11) is 0. The van der Waals surface area contributed by atoms with Crippen molar-refractivity contribution >= 4 is 11.6 Å². The Balaban J connectivity index is 2.57. The molecule has 0 spiro atoms. The van der Waals surface area contributed by atoms with Crippen molar-refractivity contribution in [1.82, 2.24) is 9.78 Å². The first-order valence-electron chi connectivity index (χ1n) is 4.40. The van der Waals surface area contributed by atoms with E-state index < -0.39 is 0 Å². The van der Waals surface area contributed by atoms with Crippen molar-refractivity contribution in [2.24, 2.45) is 5.73 Å². The minimum absolute atomic E-state index is 0.124. The van der Waals surface area contributed by atoms with E-state index in [4.69, 9.17) is 17.3 Å². The Morgan fingerprint density at radius 1 is 1.47 bits per heavy atom. The van der Waals surface area contributed by atoms with Crippen LogP contribution in [-0.2, 0) is 6.54 Å². The minimum Gasteiger partial charge on any atom is -0.326 e. The van der Waals surface area contributed by atoms with Gasteiger partial charge in [0.2, 0.25) is 0 Å². The second-order valence-corrected chi connectivity index (χ2v) is 3.48. The van der Waals surface area contributed by atoms with Crippen LogP contribution in [0.4, 0.5) is 4.39 Å². The molecule has 3 nitrogen and oxygen atoms in total. The summed E-state index contributed by atoms with van der Waals surface area (Å²) < 4.78 is 14.9. The fourth-order valence-electron chi connectivity index (χ4n) is 1.40. The van der Waals surface area contributed by atoms with Crippen molar-refractivity contribution in [3.8, 4) is 5.69 Å². The lowest BCUT2D eigenvalue weighted by molar-refractivity contribution is 0.607. The number of nitrogens with two attached hydrogens (primary N) is 1. The third kappa shape index (κ3) is 1.86. The van der Waals surface area contributed by atoms with Crippen LogP contribution in [0, 0.1) is 5.82 Å². The number of rotatable bonds is 2. The molecule has 1 aromatic carbocycles. The van der Waals surface area contributed by atoms with E-state index in [0.29, 0.717) is 16.3 Å². The molecule has 0 atom stereocenters.